The molecule has 3 N–H and O–H groups in total. The molecule has 0 saturated carbocycles. The molecular weight excluding hydrogens is 476 g/mol. The Morgan fingerprint density at radius 2 is 1.78 bits per heavy atom. The summed E-state index contributed by atoms with van der Waals surface area (Å²) in [5.74, 6) is 2.24. The van der Waals surface area contributed by atoms with E-state index in [1.807, 2.05) is 12.1 Å². The van der Waals surface area contributed by atoms with Gasteiger partial charge in [-0.25, -0.2) is 9.86 Å². The van der Waals surface area contributed by atoms with Gasteiger partial charge in [0.15, 0.2) is 0 Å². The minimum atomic E-state index is -0.884. The normalized spacial score (nSPS) is 21.2. The third-order valence-corrected chi connectivity index (χ3v) is 6.83. The number of carbonyl (C=O) groups excluding carboxylic acids is 1. The molecule has 2 fully saturated rings. The number of nitrogens with two attached hydrogens (primary N) is 1. The van der Waals surface area contributed by atoms with E-state index in [1.54, 1.807) is 0 Å². The van der Waals surface area contributed by atoms with Crippen LogP contribution >= 0.6 is 11.6 Å². The van der Waals surface area contributed by atoms with Crippen molar-refractivity contribution in [3.63, 3.8) is 0 Å². The Morgan fingerprint density at radius 3 is 2.33 bits per heavy atom. The van der Waals surface area contributed by atoms with E-state index in [0.29, 0.717) is 23.7 Å². The lowest BCUT2D eigenvalue weighted by Gasteiger charge is -2.40. The summed E-state index contributed by atoms with van der Waals surface area (Å²) in [7, 11) is 0. The first-order chi connectivity index (χ1) is 17.4. The lowest BCUT2D eigenvalue weighted by Crippen LogP contribution is -2.49. The zero-order chi connectivity index (χ0) is 25.9. The topological polar surface area (TPSA) is 82.3 Å². The lowest BCUT2D eigenvalue weighted by atomic mass is 9.96. The average Bonchev–Trinajstić information content (AvgIpc) is 3.30. The van der Waals surface area contributed by atoms with Crippen LogP contribution in [0.4, 0.5) is 4.79 Å². The quantitative estimate of drug-likeness (QED) is 0.326. The predicted molar refractivity (Wildman–Crippen MR) is 143 cm³/mol. The Morgan fingerprint density at radius 1 is 1.14 bits per heavy atom. The van der Waals surface area contributed by atoms with Gasteiger partial charge in [-0.05, 0) is 43.0 Å². The number of hydrogen-bond donors (Lipinski definition) is 2. The van der Waals surface area contributed by atoms with Gasteiger partial charge >= 0.3 is 6.03 Å². The van der Waals surface area contributed by atoms with E-state index in [9.17, 15) is 4.79 Å². The molecule has 3 atom stereocenters. The SMILES string of the molecule is C#CCCN(O)C(N)=O.C[C@H]1CCC(CN2CCN([C@H](c3ccccc3)c3ccc(Cl)cc3)CC2)O1. The molecule has 0 spiro atoms. The van der Waals surface area contributed by atoms with Gasteiger partial charge in [0.05, 0.1) is 24.8 Å². The molecule has 7 nitrogen and oxygen atoms in total. The first-order valence-electron chi connectivity index (χ1n) is 12.5. The lowest BCUT2D eigenvalue weighted by molar-refractivity contribution is -0.0372. The average molecular weight is 513 g/mol. The van der Waals surface area contributed by atoms with Gasteiger partial charge in [-0.2, -0.15) is 0 Å². The molecule has 2 aromatic carbocycles. The second-order valence-electron chi connectivity index (χ2n) is 9.26. The van der Waals surface area contributed by atoms with Crippen LogP contribution in [0.5, 0.6) is 0 Å². The van der Waals surface area contributed by atoms with Crippen LogP contribution in [0, 0.1) is 12.3 Å². The molecule has 0 bridgehead atoms. The van der Waals surface area contributed by atoms with E-state index in [4.69, 9.17) is 28.0 Å². The van der Waals surface area contributed by atoms with Crippen LogP contribution in [-0.2, 0) is 4.74 Å². The number of urea groups is 1. The van der Waals surface area contributed by atoms with Crippen molar-refractivity contribution < 1.29 is 14.7 Å². The van der Waals surface area contributed by atoms with E-state index < -0.39 is 6.03 Å². The Balaban J connectivity index is 0.000000345. The highest BCUT2D eigenvalue weighted by atomic mass is 35.5. The third-order valence-electron chi connectivity index (χ3n) is 6.58. The second kappa shape index (κ2) is 14.2. The van der Waals surface area contributed by atoms with E-state index in [1.165, 1.54) is 24.0 Å². The smallest absolute Gasteiger partial charge is 0.338 e. The summed E-state index contributed by atoms with van der Waals surface area (Å²) in [5, 5.41) is 9.69. The van der Waals surface area contributed by atoms with Gasteiger partial charge in [-0.3, -0.25) is 15.0 Å². The van der Waals surface area contributed by atoms with Gasteiger partial charge in [-0.15, -0.1) is 12.3 Å². The van der Waals surface area contributed by atoms with Crippen molar-refractivity contribution in [3.8, 4) is 12.3 Å². The van der Waals surface area contributed by atoms with Crippen molar-refractivity contribution in [1.82, 2.24) is 14.9 Å². The Kier molecular flexibility index (Phi) is 11.1. The fraction of sp³-hybridized carbons (Fsp3) is 0.464. The molecule has 0 radical (unpaired) electrons. The molecule has 0 aliphatic carbocycles. The molecule has 8 heteroatoms. The molecule has 2 heterocycles. The molecule has 2 amide bonds. The molecule has 2 aromatic rings. The van der Waals surface area contributed by atoms with Gasteiger partial charge in [-0.1, -0.05) is 54.1 Å². The number of piperazine rings is 1. The number of primary amides is 1. The van der Waals surface area contributed by atoms with E-state index >= 15 is 0 Å². The first kappa shape index (κ1) is 28.0. The minimum absolute atomic E-state index is 0.0891. The van der Waals surface area contributed by atoms with Gasteiger partial charge in [0.1, 0.15) is 0 Å². The van der Waals surface area contributed by atoms with E-state index in [2.05, 4.69) is 70.8 Å². The summed E-state index contributed by atoms with van der Waals surface area (Å²) >= 11 is 6.13. The fourth-order valence-corrected chi connectivity index (χ4v) is 4.81. The summed E-state index contributed by atoms with van der Waals surface area (Å²) in [6.07, 6.45) is 8.41. The molecular formula is C28H37ClN4O3. The zero-order valence-electron chi connectivity index (χ0n) is 20.9. The van der Waals surface area contributed by atoms with Crippen molar-refractivity contribution in [1.29, 1.82) is 0 Å². The van der Waals surface area contributed by atoms with Crippen molar-refractivity contribution in [2.24, 2.45) is 5.73 Å². The highest BCUT2D eigenvalue weighted by Gasteiger charge is 2.29. The molecule has 2 aliphatic rings. The number of ether oxygens (including phenoxy) is 1. The third kappa shape index (κ3) is 8.51. The summed E-state index contributed by atoms with van der Waals surface area (Å²) in [5.41, 5.74) is 7.31. The standard InChI is InChI=1S/C23H29ClN2O.C5H8N2O2/c1-18-7-12-22(27-18)17-25-13-15-26(16-14-25)23(19-5-3-2-4-6-19)20-8-10-21(24)11-9-20;1-2-3-4-7(9)5(6)8/h2-6,8-11,18,22-23H,7,12-17H2,1H3;1,9H,3-4H2,(H2,6,8)/t18-,22?,23+;/m0./s1. The highest BCUT2D eigenvalue weighted by Crippen LogP contribution is 2.30. The van der Waals surface area contributed by atoms with Crippen LogP contribution in [0.1, 0.15) is 43.4 Å². The molecule has 36 heavy (non-hydrogen) atoms. The number of hydroxylamine groups is 2. The molecule has 1 unspecified atom stereocenters. The summed E-state index contributed by atoms with van der Waals surface area (Å²) in [4.78, 5) is 15.2. The van der Waals surface area contributed by atoms with Crippen LogP contribution in [0.2, 0.25) is 5.02 Å². The first-order valence-corrected chi connectivity index (χ1v) is 12.9. The maximum Gasteiger partial charge on any atom is 0.338 e. The largest absolute Gasteiger partial charge is 0.374 e. The summed E-state index contributed by atoms with van der Waals surface area (Å²) in [6.45, 7) is 7.71. The van der Waals surface area contributed by atoms with Crippen LogP contribution in [-0.4, -0.2) is 77.6 Å². The zero-order valence-corrected chi connectivity index (χ0v) is 21.7. The Hall–Kier alpha value is -2.60. The number of amides is 2. The molecule has 194 valence electrons. The van der Waals surface area contributed by atoms with Crippen LogP contribution in [0.25, 0.3) is 0 Å². The maximum atomic E-state index is 10.0. The summed E-state index contributed by atoms with van der Waals surface area (Å²) < 4.78 is 6.02. The van der Waals surface area contributed by atoms with Gasteiger partial charge in [0.2, 0.25) is 0 Å². The Labute approximate surface area is 219 Å². The van der Waals surface area contributed by atoms with E-state index in [-0.39, 0.29) is 12.6 Å². The number of terminal acetylenes is 1. The van der Waals surface area contributed by atoms with Gasteiger partial charge in [0.25, 0.3) is 0 Å². The number of carbonyl (C=O) groups is 1. The molecule has 2 saturated heterocycles. The monoisotopic (exact) mass is 512 g/mol. The van der Waals surface area contributed by atoms with E-state index in [0.717, 1.165) is 37.7 Å². The molecule has 2 aliphatic heterocycles. The molecule has 0 aromatic heterocycles. The van der Waals surface area contributed by atoms with Gasteiger partial charge < -0.3 is 10.5 Å². The molecule has 4 rings (SSSR count). The fourth-order valence-electron chi connectivity index (χ4n) is 4.69. The van der Waals surface area contributed by atoms with Crippen LogP contribution in [0.15, 0.2) is 54.6 Å². The second-order valence-corrected chi connectivity index (χ2v) is 9.70. The minimum Gasteiger partial charge on any atom is -0.374 e. The van der Waals surface area contributed by atoms with Crippen molar-refractivity contribution in [2.45, 2.75) is 44.4 Å². The van der Waals surface area contributed by atoms with Crippen molar-refractivity contribution >= 4 is 17.6 Å². The number of benzene rings is 2. The maximum absolute atomic E-state index is 10.0. The van der Waals surface area contributed by atoms with Crippen LogP contribution in [0.3, 0.4) is 0 Å². The van der Waals surface area contributed by atoms with Crippen molar-refractivity contribution in [2.75, 3.05) is 39.3 Å². The summed E-state index contributed by atoms with van der Waals surface area (Å²) in [6, 6.07) is 18.6. The Bertz CT molecular complexity index is 975. The van der Waals surface area contributed by atoms with Crippen LogP contribution < -0.4 is 5.73 Å². The highest BCUT2D eigenvalue weighted by molar-refractivity contribution is 6.30. The van der Waals surface area contributed by atoms with Gasteiger partial charge in [0, 0.05) is 44.2 Å². The number of nitrogens with zero attached hydrogens (tertiary/aromatic N) is 3. The number of rotatable bonds is 7. The predicted octanol–water partition coefficient (Wildman–Crippen LogP) is 4.39. The van der Waals surface area contributed by atoms with Crippen molar-refractivity contribution in [3.05, 3.63) is 70.7 Å². The number of hydrogen-bond acceptors (Lipinski definition) is 5. The number of halogens is 1.